The quantitative estimate of drug-likeness (QED) is 0.636. The Labute approximate surface area is 131 Å². The third-order valence-electron chi connectivity index (χ3n) is 3.20. The lowest BCUT2D eigenvalue weighted by molar-refractivity contribution is -0.385. The van der Waals surface area contributed by atoms with E-state index in [9.17, 15) is 24.8 Å². The highest BCUT2D eigenvalue weighted by Crippen LogP contribution is 2.22. The van der Waals surface area contributed by atoms with Gasteiger partial charge in [0, 0.05) is 30.1 Å². The summed E-state index contributed by atoms with van der Waals surface area (Å²) in [4.78, 5) is 33.3. The molecule has 0 radical (unpaired) electrons. The lowest BCUT2D eigenvalue weighted by Gasteiger charge is -2.19. The van der Waals surface area contributed by atoms with Crippen LogP contribution in [-0.2, 0) is 4.79 Å². The molecule has 7 heteroatoms. The van der Waals surface area contributed by atoms with Crippen molar-refractivity contribution in [1.82, 2.24) is 5.32 Å². The molecule has 0 heterocycles. The van der Waals surface area contributed by atoms with E-state index in [1.807, 2.05) is 0 Å². The summed E-state index contributed by atoms with van der Waals surface area (Å²) in [6, 6.07) is 12.8. The maximum Gasteiger partial charge on any atom is 0.269 e. The molecular formula is C16H13N2O5-. The molecule has 118 valence electrons. The molecule has 0 aromatic heterocycles. The molecule has 2 aromatic carbocycles. The Morgan fingerprint density at radius 3 is 2.39 bits per heavy atom. The normalized spacial score (nSPS) is 11.5. The van der Waals surface area contributed by atoms with Crippen LogP contribution >= 0.6 is 0 Å². The number of rotatable bonds is 6. The summed E-state index contributed by atoms with van der Waals surface area (Å²) in [6.45, 7) is 0. The van der Waals surface area contributed by atoms with Crippen LogP contribution in [0.15, 0.2) is 54.6 Å². The van der Waals surface area contributed by atoms with E-state index in [0.29, 0.717) is 11.1 Å². The Bertz CT molecular complexity index is 730. The summed E-state index contributed by atoms with van der Waals surface area (Å²) >= 11 is 0. The molecule has 23 heavy (non-hydrogen) atoms. The summed E-state index contributed by atoms with van der Waals surface area (Å²) in [5.74, 6) is -1.83. The van der Waals surface area contributed by atoms with E-state index in [1.165, 1.54) is 24.3 Å². The highest BCUT2D eigenvalue weighted by molar-refractivity contribution is 5.94. The highest BCUT2D eigenvalue weighted by atomic mass is 16.6. The molecule has 0 aliphatic carbocycles. The van der Waals surface area contributed by atoms with Gasteiger partial charge in [0.2, 0.25) is 0 Å². The first-order chi connectivity index (χ1) is 11.0. The Hall–Kier alpha value is -3.22. The predicted octanol–water partition coefficient (Wildman–Crippen LogP) is 1.21. The standard InChI is InChI=1S/C16H14N2O5/c19-15(20)10-14(12-7-4-8-13(9-12)18(22)23)17-16(21)11-5-2-1-3-6-11/h1-9,14H,10H2,(H,17,21)(H,19,20)/p-1/t14-/m0/s1. The minimum atomic E-state index is -1.37. The average molecular weight is 313 g/mol. The molecule has 2 aromatic rings. The number of nitrogens with one attached hydrogen (secondary N) is 1. The number of carbonyl (C=O) groups excluding carboxylic acids is 2. The second kappa shape index (κ2) is 7.17. The minimum absolute atomic E-state index is 0.181. The van der Waals surface area contributed by atoms with Crippen LogP contribution in [0.2, 0.25) is 0 Å². The number of carboxylic acids is 1. The van der Waals surface area contributed by atoms with E-state index in [0.717, 1.165) is 0 Å². The number of nitrogens with zero attached hydrogens (tertiary/aromatic N) is 1. The van der Waals surface area contributed by atoms with Gasteiger partial charge in [0.1, 0.15) is 0 Å². The van der Waals surface area contributed by atoms with Gasteiger partial charge in [-0.3, -0.25) is 14.9 Å². The summed E-state index contributed by atoms with van der Waals surface area (Å²) in [7, 11) is 0. The maximum atomic E-state index is 12.2. The second-order valence-corrected chi connectivity index (χ2v) is 4.82. The Kier molecular flexibility index (Phi) is 5.03. The topological polar surface area (TPSA) is 112 Å². The summed E-state index contributed by atoms with van der Waals surface area (Å²) < 4.78 is 0. The number of hydrogen-bond donors (Lipinski definition) is 1. The molecule has 1 atom stereocenters. The van der Waals surface area contributed by atoms with Crippen molar-refractivity contribution < 1.29 is 19.6 Å². The fourth-order valence-electron chi connectivity index (χ4n) is 2.11. The first-order valence-electron chi connectivity index (χ1n) is 6.77. The average Bonchev–Trinajstić information content (AvgIpc) is 2.54. The minimum Gasteiger partial charge on any atom is -0.550 e. The molecule has 0 aliphatic heterocycles. The van der Waals surface area contributed by atoms with Crippen molar-refractivity contribution in [3.8, 4) is 0 Å². The summed E-state index contributed by atoms with van der Waals surface area (Å²) in [6.07, 6.45) is -0.486. The van der Waals surface area contributed by atoms with E-state index >= 15 is 0 Å². The predicted molar refractivity (Wildman–Crippen MR) is 79.4 cm³/mol. The zero-order chi connectivity index (χ0) is 16.8. The third kappa shape index (κ3) is 4.37. The van der Waals surface area contributed by atoms with Crippen molar-refractivity contribution in [1.29, 1.82) is 0 Å². The fourth-order valence-corrected chi connectivity index (χ4v) is 2.11. The number of non-ortho nitro benzene ring substituents is 1. The Morgan fingerprint density at radius 2 is 1.78 bits per heavy atom. The van der Waals surface area contributed by atoms with Crippen molar-refractivity contribution in [2.45, 2.75) is 12.5 Å². The van der Waals surface area contributed by atoms with Crippen molar-refractivity contribution in [3.63, 3.8) is 0 Å². The van der Waals surface area contributed by atoms with Gasteiger partial charge < -0.3 is 15.2 Å². The van der Waals surface area contributed by atoms with E-state index < -0.39 is 29.3 Å². The van der Waals surface area contributed by atoms with E-state index in [1.54, 1.807) is 30.3 Å². The molecule has 1 amide bonds. The smallest absolute Gasteiger partial charge is 0.269 e. The third-order valence-corrected chi connectivity index (χ3v) is 3.20. The van der Waals surface area contributed by atoms with Crippen LogP contribution < -0.4 is 10.4 Å². The molecule has 0 saturated heterocycles. The first-order valence-corrected chi connectivity index (χ1v) is 6.77. The van der Waals surface area contributed by atoms with Gasteiger partial charge in [0.05, 0.1) is 11.0 Å². The first kappa shape index (κ1) is 16.2. The lowest BCUT2D eigenvalue weighted by Crippen LogP contribution is -2.34. The van der Waals surface area contributed by atoms with Gasteiger partial charge in [-0.1, -0.05) is 30.3 Å². The number of nitro groups is 1. The van der Waals surface area contributed by atoms with Crippen molar-refractivity contribution in [3.05, 3.63) is 75.8 Å². The van der Waals surface area contributed by atoms with E-state index in [2.05, 4.69) is 5.32 Å². The van der Waals surface area contributed by atoms with Crippen LogP contribution in [0.25, 0.3) is 0 Å². The Balaban J connectivity index is 2.27. The molecule has 7 nitrogen and oxygen atoms in total. The number of hydrogen-bond acceptors (Lipinski definition) is 5. The van der Waals surface area contributed by atoms with Crippen LogP contribution in [0, 0.1) is 10.1 Å². The van der Waals surface area contributed by atoms with Gasteiger partial charge in [-0.25, -0.2) is 0 Å². The number of carboxylic acid groups (broad SMARTS) is 1. The number of amides is 1. The van der Waals surface area contributed by atoms with Gasteiger partial charge >= 0.3 is 0 Å². The monoisotopic (exact) mass is 313 g/mol. The zero-order valence-electron chi connectivity index (χ0n) is 12.0. The largest absolute Gasteiger partial charge is 0.550 e. The Morgan fingerprint density at radius 1 is 1.09 bits per heavy atom. The van der Waals surface area contributed by atoms with Gasteiger partial charge in [-0.15, -0.1) is 0 Å². The van der Waals surface area contributed by atoms with Gasteiger partial charge in [0.25, 0.3) is 11.6 Å². The van der Waals surface area contributed by atoms with E-state index in [-0.39, 0.29) is 5.69 Å². The maximum absolute atomic E-state index is 12.2. The summed E-state index contributed by atoms with van der Waals surface area (Å²) in [5, 5.41) is 24.3. The van der Waals surface area contributed by atoms with Gasteiger partial charge in [0.15, 0.2) is 0 Å². The number of carbonyl (C=O) groups is 2. The molecule has 0 fully saturated rings. The van der Waals surface area contributed by atoms with Gasteiger partial charge in [-0.05, 0) is 17.7 Å². The molecule has 1 N–H and O–H groups in total. The second-order valence-electron chi connectivity index (χ2n) is 4.82. The van der Waals surface area contributed by atoms with Crippen molar-refractivity contribution in [2.75, 3.05) is 0 Å². The van der Waals surface area contributed by atoms with Crippen LogP contribution in [0.5, 0.6) is 0 Å². The molecule has 0 bridgehead atoms. The highest BCUT2D eigenvalue weighted by Gasteiger charge is 2.18. The summed E-state index contributed by atoms with van der Waals surface area (Å²) in [5.41, 5.74) is 0.508. The van der Waals surface area contributed by atoms with E-state index in [4.69, 9.17) is 0 Å². The number of benzene rings is 2. The molecule has 2 rings (SSSR count). The SMILES string of the molecule is O=C([O-])C[C@H](NC(=O)c1ccccc1)c1cccc([N+](=O)[O-])c1. The number of nitro benzene ring substituents is 1. The molecular weight excluding hydrogens is 300 g/mol. The van der Waals surface area contributed by atoms with Crippen molar-refractivity contribution >= 4 is 17.6 Å². The fraction of sp³-hybridized carbons (Fsp3) is 0.125. The van der Waals surface area contributed by atoms with Crippen molar-refractivity contribution in [2.24, 2.45) is 0 Å². The van der Waals surface area contributed by atoms with Crippen LogP contribution in [-0.4, -0.2) is 16.8 Å². The lowest BCUT2D eigenvalue weighted by atomic mass is 10.0. The van der Waals surface area contributed by atoms with Crippen LogP contribution in [0.4, 0.5) is 5.69 Å². The van der Waals surface area contributed by atoms with Gasteiger partial charge in [-0.2, -0.15) is 0 Å². The zero-order valence-corrected chi connectivity index (χ0v) is 12.0. The molecule has 0 unspecified atom stereocenters. The number of aliphatic carboxylic acids is 1. The molecule has 0 aliphatic rings. The molecule has 0 saturated carbocycles. The molecule has 0 spiro atoms. The van der Waals surface area contributed by atoms with Crippen LogP contribution in [0.1, 0.15) is 28.4 Å². The van der Waals surface area contributed by atoms with Crippen LogP contribution in [0.3, 0.4) is 0 Å².